The fraction of sp³-hybridized carbons (Fsp3) is 0.533. The van der Waals surface area contributed by atoms with E-state index in [1.807, 2.05) is 32.0 Å². The van der Waals surface area contributed by atoms with Crippen molar-refractivity contribution in [2.24, 2.45) is 5.73 Å². The van der Waals surface area contributed by atoms with Gasteiger partial charge in [-0.05, 0) is 44.7 Å². The molecule has 0 aliphatic carbocycles. The number of carbonyl (C=O) groups excluding carboxylic acids is 1. The van der Waals surface area contributed by atoms with Gasteiger partial charge in [0.1, 0.15) is 5.75 Å². The fourth-order valence-corrected chi connectivity index (χ4v) is 2.30. The van der Waals surface area contributed by atoms with Crippen LogP contribution >= 0.6 is 0 Å². The van der Waals surface area contributed by atoms with Crippen molar-refractivity contribution in [1.29, 1.82) is 0 Å². The third-order valence-electron chi connectivity index (χ3n) is 3.41. The van der Waals surface area contributed by atoms with Gasteiger partial charge in [0, 0.05) is 18.2 Å². The van der Waals surface area contributed by atoms with Crippen LogP contribution in [0.5, 0.6) is 5.75 Å². The van der Waals surface area contributed by atoms with E-state index in [-0.39, 0.29) is 11.9 Å². The number of carbonyl (C=O) groups is 1. The third-order valence-corrected chi connectivity index (χ3v) is 3.41. The number of nitrogens with two attached hydrogens (primary N) is 1. The van der Waals surface area contributed by atoms with E-state index in [0.29, 0.717) is 0 Å². The van der Waals surface area contributed by atoms with Gasteiger partial charge in [-0.15, -0.1) is 0 Å². The van der Waals surface area contributed by atoms with E-state index in [0.717, 1.165) is 42.7 Å². The highest BCUT2D eigenvalue weighted by molar-refractivity contribution is 5.81. The normalized spacial score (nSPS) is 21.4. The molecule has 1 aromatic rings. The minimum atomic E-state index is -0.401. The molecule has 1 aromatic carbocycles. The first-order valence-corrected chi connectivity index (χ1v) is 6.88. The van der Waals surface area contributed by atoms with E-state index in [9.17, 15) is 4.79 Å². The van der Waals surface area contributed by atoms with E-state index in [1.54, 1.807) is 0 Å². The molecule has 0 aromatic heterocycles. The van der Waals surface area contributed by atoms with Crippen LogP contribution in [-0.4, -0.2) is 18.6 Å². The molecule has 4 nitrogen and oxygen atoms in total. The van der Waals surface area contributed by atoms with Crippen LogP contribution in [0.1, 0.15) is 43.4 Å². The van der Waals surface area contributed by atoms with E-state index in [4.69, 9.17) is 10.5 Å². The molecular formula is C15H22N2O2. The molecule has 1 amide bonds. The molecule has 0 bridgehead atoms. The average Bonchev–Trinajstić information content (AvgIpc) is 2.55. The lowest BCUT2D eigenvalue weighted by Crippen LogP contribution is -2.36. The molecule has 1 aliphatic heterocycles. The molecule has 1 heterocycles. The number of rotatable bonds is 3. The zero-order chi connectivity index (χ0) is 13.8. The Labute approximate surface area is 114 Å². The highest BCUT2D eigenvalue weighted by atomic mass is 16.5. The van der Waals surface area contributed by atoms with Crippen LogP contribution in [0.3, 0.4) is 0 Å². The molecule has 1 saturated heterocycles. The maximum absolute atomic E-state index is 11.9. The third kappa shape index (κ3) is 3.47. The molecule has 1 unspecified atom stereocenters. The van der Waals surface area contributed by atoms with Crippen molar-refractivity contribution in [3.05, 3.63) is 29.3 Å². The van der Waals surface area contributed by atoms with Gasteiger partial charge in [0.15, 0.2) is 6.10 Å². The second-order valence-electron chi connectivity index (χ2n) is 5.22. The summed E-state index contributed by atoms with van der Waals surface area (Å²) < 4.78 is 5.93. The van der Waals surface area contributed by atoms with Gasteiger partial charge < -0.3 is 15.8 Å². The summed E-state index contributed by atoms with van der Waals surface area (Å²) in [5.41, 5.74) is 8.01. The quantitative estimate of drug-likeness (QED) is 0.876. The molecule has 4 heteroatoms. The van der Waals surface area contributed by atoms with Crippen molar-refractivity contribution < 1.29 is 9.53 Å². The Morgan fingerprint density at radius 1 is 1.42 bits per heavy atom. The summed E-state index contributed by atoms with van der Waals surface area (Å²) in [6, 6.07) is 5.84. The van der Waals surface area contributed by atoms with Crippen molar-refractivity contribution in [1.82, 2.24) is 5.32 Å². The van der Waals surface area contributed by atoms with E-state index in [2.05, 4.69) is 5.32 Å². The second-order valence-corrected chi connectivity index (χ2v) is 5.22. The maximum Gasteiger partial charge on any atom is 0.261 e. The maximum atomic E-state index is 11.9. The van der Waals surface area contributed by atoms with E-state index < -0.39 is 6.10 Å². The lowest BCUT2D eigenvalue weighted by atomic mass is 10.1. The average molecular weight is 262 g/mol. The topological polar surface area (TPSA) is 64.3 Å². The lowest BCUT2D eigenvalue weighted by Gasteiger charge is -2.20. The molecule has 104 valence electrons. The Bertz CT molecular complexity index is 457. The van der Waals surface area contributed by atoms with Crippen molar-refractivity contribution >= 4 is 5.91 Å². The molecule has 3 N–H and O–H groups in total. The van der Waals surface area contributed by atoms with E-state index >= 15 is 0 Å². The predicted molar refractivity (Wildman–Crippen MR) is 75.1 cm³/mol. The Balaban J connectivity index is 2.21. The van der Waals surface area contributed by atoms with Gasteiger partial charge in [-0.2, -0.15) is 0 Å². The Morgan fingerprint density at radius 3 is 2.95 bits per heavy atom. The number of aryl methyl sites for hydroxylation is 1. The van der Waals surface area contributed by atoms with Gasteiger partial charge in [0.2, 0.25) is 0 Å². The summed E-state index contributed by atoms with van der Waals surface area (Å²) in [4.78, 5) is 11.9. The van der Waals surface area contributed by atoms with Crippen molar-refractivity contribution in [3.63, 3.8) is 0 Å². The molecule has 0 saturated carbocycles. The number of benzene rings is 1. The standard InChI is InChI=1S/C15H22N2O2/c1-10-6-7-12(11(2)16)14(9-10)19-13-5-3-4-8-17-15(13)18/h6-7,9,11,13H,3-5,8,16H2,1-2H3,(H,17,18)/t11-,13?/m0/s1. The van der Waals surface area contributed by atoms with Crippen LogP contribution < -0.4 is 15.8 Å². The van der Waals surface area contributed by atoms with E-state index in [1.165, 1.54) is 0 Å². The molecule has 2 atom stereocenters. The molecule has 1 fully saturated rings. The molecule has 2 rings (SSSR count). The lowest BCUT2D eigenvalue weighted by molar-refractivity contribution is -0.127. The molecule has 0 radical (unpaired) electrons. The highest BCUT2D eigenvalue weighted by Crippen LogP contribution is 2.27. The zero-order valence-corrected chi connectivity index (χ0v) is 11.6. The Kier molecular flexibility index (Phi) is 4.43. The summed E-state index contributed by atoms with van der Waals surface area (Å²) in [5, 5.41) is 2.88. The molecule has 0 spiro atoms. The van der Waals surface area contributed by atoms with Crippen LogP contribution in [0.15, 0.2) is 18.2 Å². The smallest absolute Gasteiger partial charge is 0.261 e. The van der Waals surface area contributed by atoms with Gasteiger partial charge in [-0.25, -0.2) is 0 Å². The first-order valence-electron chi connectivity index (χ1n) is 6.88. The summed E-state index contributed by atoms with van der Waals surface area (Å²) in [5.74, 6) is 0.715. The molecule has 1 aliphatic rings. The van der Waals surface area contributed by atoms with Gasteiger partial charge in [0.25, 0.3) is 5.91 Å². The van der Waals surface area contributed by atoms with Crippen molar-refractivity contribution in [2.75, 3.05) is 6.54 Å². The minimum absolute atomic E-state index is 0.0189. The highest BCUT2D eigenvalue weighted by Gasteiger charge is 2.23. The second kappa shape index (κ2) is 6.06. The number of amides is 1. The van der Waals surface area contributed by atoms with Gasteiger partial charge in [-0.1, -0.05) is 12.1 Å². The van der Waals surface area contributed by atoms with Gasteiger partial charge in [0.05, 0.1) is 0 Å². The van der Waals surface area contributed by atoms with Crippen molar-refractivity contribution in [2.45, 2.75) is 45.3 Å². The largest absolute Gasteiger partial charge is 0.480 e. The van der Waals surface area contributed by atoms with Crippen LogP contribution in [0.25, 0.3) is 0 Å². The first kappa shape index (κ1) is 13.9. The zero-order valence-electron chi connectivity index (χ0n) is 11.6. The van der Waals surface area contributed by atoms with Crippen LogP contribution in [0.4, 0.5) is 0 Å². The van der Waals surface area contributed by atoms with Gasteiger partial charge in [-0.3, -0.25) is 4.79 Å². The number of nitrogens with one attached hydrogen (secondary N) is 1. The number of hydrogen-bond acceptors (Lipinski definition) is 3. The van der Waals surface area contributed by atoms with Crippen molar-refractivity contribution in [3.8, 4) is 5.75 Å². The van der Waals surface area contributed by atoms with Crippen LogP contribution in [0.2, 0.25) is 0 Å². The molecular weight excluding hydrogens is 240 g/mol. The Hall–Kier alpha value is -1.55. The van der Waals surface area contributed by atoms with Crippen LogP contribution in [-0.2, 0) is 4.79 Å². The fourth-order valence-electron chi connectivity index (χ4n) is 2.30. The van der Waals surface area contributed by atoms with Crippen LogP contribution in [0, 0.1) is 6.92 Å². The SMILES string of the molecule is Cc1ccc([C@H](C)N)c(OC2CCCCNC2=O)c1. The number of hydrogen-bond donors (Lipinski definition) is 2. The summed E-state index contributed by atoms with van der Waals surface area (Å²) in [6.07, 6.45) is 2.38. The minimum Gasteiger partial charge on any atom is -0.480 e. The summed E-state index contributed by atoms with van der Waals surface area (Å²) >= 11 is 0. The monoisotopic (exact) mass is 262 g/mol. The number of ether oxygens (including phenoxy) is 1. The first-order chi connectivity index (χ1) is 9.08. The summed E-state index contributed by atoms with van der Waals surface area (Å²) in [6.45, 7) is 4.67. The molecule has 19 heavy (non-hydrogen) atoms. The predicted octanol–water partition coefficient (Wildman–Crippen LogP) is 2.06. The Morgan fingerprint density at radius 2 is 2.21 bits per heavy atom. The van der Waals surface area contributed by atoms with Gasteiger partial charge >= 0.3 is 0 Å². The summed E-state index contributed by atoms with van der Waals surface area (Å²) in [7, 11) is 0.